The van der Waals surface area contributed by atoms with Gasteiger partial charge >= 0.3 is 5.97 Å². The first-order valence-corrected chi connectivity index (χ1v) is 6.28. The topological polar surface area (TPSA) is 75.6 Å². The minimum atomic E-state index is -0.899. The van der Waals surface area contributed by atoms with Gasteiger partial charge in [0, 0.05) is 13.2 Å². The lowest BCUT2D eigenvalue weighted by Crippen LogP contribution is -2.41. The summed E-state index contributed by atoms with van der Waals surface area (Å²) in [6, 6.07) is 0. The van der Waals surface area contributed by atoms with Crippen LogP contribution in [0.1, 0.15) is 34.6 Å². The third-order valence-electron chi connectivity index (χ3n) is 3.60. The molecule has 2 N–H and O–H groups in total. The van der Waals surface area contributed by atoms with E-state index in [1.54, 1.807) is 0 Å². The lowest BCUT2D eigenvalue weighted by Gasteiger charge is -2.25. The molecule has 1 rings (SSSR count). The second-order valence-electron chi connectivity index (χ2n) is 6.03. The molecular formula is C13H23NO4. The number of carbonyl (C=O) groups excluding carboxylic acids is 1. The molecule has 0 bridgehead atoms. The molecule has 5 nitrogen and oxygen atoms in total. The summed E-state index contributed by atoms with van der Waals surface area (Å²) in [5.74, 6) is -2.11. The van der Waals surface area contributed by atoms with Gasteiger partial charge in [0.1, 0.15) is 0 Å². The second-order valence-corrected chi connectivity index (χ2v) is 6.03. The van der Waals surface area contributed by atoms with E-state index in [0.29, 0.717) is 13.2 Å². The molecular weight excluding hydrogens is 234 g/mol. The van der Waals surface area contributed by atoms with Crippen LogP contribution in [0, 0.1) is 17.3 Å². The molecule has 0 aromatic carbocycles. The first kappa shape index (κ1) is 15.0. The second kappa shape index (κ2) is 4.88. The van der Waals surface area contributed by atoms with Crippen molar-refractivity contribution in [2.45, 2.75) is 40.2 Å². The van der Waals surface area contributed by atoms with E-state index >= 15 is 0 Å². The van der Waals surface area contributed by atoms with Crippen LogP contribution in [0.3, 0.4) is 0 Å². The first-order chi connectivity index (χ1) is 8.13. The SMILES string of the molecule is CCOC(C)(C)CNC(=O)[C@H]1[C@@H](C(=O)O)C1(C)C. The Morgan fingerprint density at radius 3 is 2.28 bits per heavy atom. The number of ether oxygens (including phenoxy) is 1. The summed E-state index contributed by atoms with van der Waals surface area (Å²) in [6.45, 7) is 10.3. The summed E-state index contributed by atoms with van der Waals surface area (Å²) in [6.07, 6.45) is 0. The van der Waals surface area contributed by atoms with E-state index in [0.717, 1.165) is 0 Å². The number of carboxylic acid groups (broad SMARTS) is 1. The molecule has 0 saturated heterocycles. The molecule has 1 fully saturated rings. The van der Waals surface area contributed by atoms with Crippen LogP contribution < -0.4 is 5.32 Å². The fourth-order valence-corrected chi connectivity index (χ4v) is 2.44. The predicted octanol–water partition coefficient (Wildman–Crippen LogP) is 1.27. The Morgan fingerprint density at radius 1 is 1.33 bits per heavy atom. The summed E-state index contributed by atoms with van der Waals surface area (Å²) < 4.78 is 5.48. The molecule has 1 amide bonds. The van der Waals surface area contributed by atoms with Crippen molar-refractivity contribution in [3.05, 3.63) is 0 Å². The van der Waals surface area contributed by atoms with Crippen molar-refractivity contribution in [3.63, 3.8) is 0 Å². The van der Waals surface area contributed by atoms with Crippen LogP contribution in [0.25, 0.3) is 0 Å². The first-order valence-electron chi connectivity index (χ1n) is 6.28. The third-order valence-corrected chi connectivity index (χ3v) is 3.60. The summed E-state index contributed by atoms with van der Waals surface area (Å²) in [5, 5.41) is 11.8. The normalized spacial score (nSPS) is 25.6. The Balaban J connectivity index is 2.51. The van der Waals surface area contributed by atoms with Crippen molar-refractivity contribution in [1.29, 1.82) is 0 Å². The molecule has 0 radical (unpaired) electrons. The number of amides is 1. The van der Waals surface area contributed by atoms with E-state index in [-0.39, 0.29) is 5.91 Å². The van der Waals surface area contributed by atoms with Crippen molar-refractivity contribution in [2.75, 3.05) is 13.2 Å². The van der Waals surface area contributed by atoms with Crippen LogP contribution in [0.4, 0.5) is 0 Å². The number of rotatable bonds is 6. The number of carbonyl (C=O) groups is 2. The van der Waals surface area contributed by atoms with E-state index < -0.39 is 28.8 Å². The van der Waals surface area contributed by atoms with Gasteiger partial charge in [-0.05, 0) is 26.2 Å². The van der Waals surface area contributed by atoms with E-state index in [1.165, 1.54) is 0 Å². The Kier molecular flexibility index (Phi) is 4.05. The largest absolute Gasteiger partial charge is 0.481 e. The fraction of sp³-hybridized carbons (Fsp3) is 0.846. The standard InChI is InChI=1S/C13H23NO4/c1-6-18-12(2,3)7-14-10(15)8-9(11(16)17)13(8,4)5/h8-9H,6-7H2,1-5H3,(H,14,15)(H,16,17)/t8-,9+/m1/s1. The summed E-state index contributed by atoms with van der Waals surface area (Å²) in [4.78, 5) is 22.9. The van der Waals surface area contributed by atoms with Gasteiger partial charge in [0.15, 0.2) is 0 Å². The average Bonchev–Trinajstić information content (AvgIpc) is 2.78. The van der Waals surface area contributed by atoms with Crippen molar-refractivity contribution >= 4 is 11.9 Å². The van der Waals surface area contributed by atoms with Crippen LogP contribution in [0.15, 0.2) is 0 Å². The molecule has 2 atom stereocenters. The van der Waals surface area contributed by atoms with Gasteiger partial charge in [-0.25, -0.2) is 0 Å². The Hall–Kier alpha value is -1.10. The molecule has 0 aromatic rings. The summed E-state index contributed by atoms with van der Waals surface area (Å²) in [7, 11) is 0. The van der Waals surface area contributed by atoms with Gasteiger partial charge in [-0.2, -0.15) is 0 Å². The van der Waals surface area contributed by atoms with Gasteiger partial charge in [-0.3, -0.25) is 9.59 Å². The van der Waals surface area contributed by atoms with E-state index in [2.05, 4.69) is 5.32 Å². The molecule has 1 saturated carbocycles. The van der Waals surface area contributed by atoms with Gasteiger partial charge in [0.05, 0.1) is 17.4 Å². The molecule has 18 heavy (non-hydrogen) atoms. The minimum Gasteiger partial charge on any atom is -0.481 e. The van der Waals surface area contributed by atoms with Crippen LogP contribution >= 0.6 is 0 Å². The average molecular weight is 257 g/mol. The highest BCUT2D eigenvalue weighted by atomic mass is 16.5. The van der Waals surface area contributed by atoms with Crippen molar-refractivity contribution in [1.82, 2.24) is 5.32 Å². The summed E-state index contributed by atoms with van der Waals surface area (Å²) in [5.41, 5.74) is -0.881. The van der Waals surface area contributed by atoms with Crippen LogP contribution in [0.2, 0.25) is 0 Å². The molecule has 0 spiro atoms. The number of carboxylic acids is 1. The fourth-order valence-electron chi connectivity index (χ4n) is 2.44. The molecule has 0 aliphatic heterocycles. The highest BCUT2D eigenvalue weighted by Crippen LogP contribution is 2.58. The van der Waals surface area contributed by atoms with Crippen LogP contribution in [-0.2, 0) is 14.3 Å². The van der Waals surface area contributed by atoms with Gasteiger partial charge < -0.3 is 15.2 Å². The smallest absolute Gasteiger partial charge is 0.307 e. The number of nitrogens with one attached hydrogen (secondary N) is 1. The maximum Gasteiger partial charge on any atom is 0.307 e. The highest BCUT2D eigenvalue weighted by Gasteiger charge is 2.65. The molecule has 104 valence electrons. The monoisotopic (exact) mass is 257 g/mol. The predicted molar refractivity (Wildman–Crippen MR) is 67.1 cm³/mol. The lowest BCUT2D eigenvalue weighted by atomic mass is 10.1. The quantitative estimate of drug-likeness (QED) is 0.751. The lowest BCUT2D eigenvalue weighted by molar-refractivity contribution is -0.140. The molecule has 0 heterocycles. The zero-order valence-electron chi connectivity index (χ0n) is 11.7. The highest BCUT2D eigenvalue weighted by molar-refractivity contribution is 5.91. The molecule has 0 aromatic heterocycles. The molecule has 1 aliphatic carbocycles. The van der Waals surface area contributed by atoms with E-state index in [9.17, 15) is 9.59 Å². The van der Waals surface area contributed by atoms with Crippen molar-refractivity contribution in [3.8, 4) is 0 Å². The number of hydrogen-bond acceptors (Lipinski definition) is 3. The Bertz CT molecular complexity index is 349. The Morgan fingerprint density at radius 2 is 1.89 bits per heavy atom. The number of aliphatic carboxylic acids is 1. The molecule has 5 heteroatoms. The Labute approximate surface area is 108 Å². The van der Waals surface area contributed by atoms with Crippen LogP contribution in [-0.4, -0.2) is 35.7 Å². The van der Waals surface area contributed by atoms with E-state index in [1.807, 2.05) is 34.6 Å². The number of hydrogen-bond donors (Lipinski definition) is 2. The van der Waals surface area contributed by atoms with Gasteiger partial charge in [0.25, 0.3) is 0 Å². The van der Waals surface area contributed by atoms with Gasteiger partial charge in [-0.15, -0.1) is 0 Å². The van der Waals surface area contributed by atoms with E-state index in [4.69, 9.17) is 9.84 Å². The maximum atomic E-state index is 12.0. The molecule has 1 aliphatic rings. The zero-order chi connectivity index (χ0) is 14.1. The summed E-state index contributed by atoms with van der Waals surface area (Å²) >= 11 is 0. The van der Waals surface area contributed by atoms with Crippen molar-refractivity contribution < 1.29 is 19.4 Å². The zero-order valence-corrected chi connectivity index (χ0v) is 11.7. The maximum absolute atomic E-state index is 12.0. The minimum absolute atomic E-state index is 0.194. The third kappa shape index (κ3) is 3.02. The van der Waals surface area contributed by atoms with Crippen molar-refractivity contribution in [2.24, 2.45) is 17.3 Å². The van der Waals surface area contributed by atoms with Crippen LogP contribution in [0.5, 0.6) is 0 Å². The molecule has 0 unspecified atom stereocenters. The van der Waals surface area contributed by atoms with Gasteiger partial charge in [-0.1, -0.05) is 13.8 Å². The van der Waals surface area contributed by atoms with Gasteiger partial charge in [0.2, 0.25) is 5.91 Å².